The van der Waals surface area contributed by atoms with E-state index in [2.05, 4.69) is 15.3 Å². The molecule has 6 nitrogen and oxygen atoms in total. The van der Waals surface area contributed by atoms with Crippen LogP contribution in [0.2, 0.25) is 0 Å². The number of aryl methyl sites for hydroxylation is 2. The molecule has 0 bridgehead atoms. The number of hydrogen-bond donors (Lipinski definition) is 1. The van der Waals surface area contributed by atoms with E-state index in [4.69, 9.17) is 4.98 Å². The predicted molar refractivity (Wildman–Crippen MR) is 123 cm³/mol. The van der Waals surface area contributed by atoms with E-state index in [0.717, 1.165) is 50.3 Å². The van der Waals surface area contributed by atoms with E-state index in [0.29, 0.717) is 12.5 Å². The molecule has 31 heavy (non-hydrogen) atoms. The summed E-state index contributed by atoms with van der Waals surface area (Å²) < 4.78 is 2.00. The fraction of sp³-hybridized carbons (Fsp3) is 0.458. The van der Waals surface area contributed by atoms with Gasteiger partial charge in [0.2, 0.25) is 5.91 Å². The van der Waals surface area contributed by atoms with E-state index in [1.54, 1.807) is 6.20 Å². The Bertz CT molecular complexity index is 996. The average molecular weight is 436 g/mol. The standard InChI is InChI=1S/C24H29N5OS/c30-23(16-18-6-2-1-3-7-18)27-22-10-13-25-29(22)19-11-14-28(15-12-19)17-24-26-20-8-4-5-9-21(20)31-24/h1-3,6-7,10,13,19H,4-5,8-9,11-12,14-17H2,(H,27,30). The highest BCUT2D eigenvalue weighted by Crippen LogP contribution is 2.30. The normalized spacial score (nSPS) is 17.4. The van der Waals surface area contributed by atoms with Crippen LogP contribution in [0.5, 0.6) is 0 Å². The van der Waals surface area contributed by atoms with Gasteiger partial charge >= 0.3 is 0 Å². The third kappa shape index (κ3) is 4.88. The molecule has 0 saturated carbocycles. The van der Waals surface area contributed by atoms with E-state index in [-0.39, 0.29) is 5.91 Å². The van der Waals surface area contributed by atoms with Crippen LogP contribution in [0.15, 0.2) is 42.6 Å². The molecular weight excluding hydrogens is 406 g/mol. The average Bonchev–Trinajstić information content (AvgIpc) is 3.41. The molecule has 7 heteroatoms. The first-order valence-corrected chi connectivity index (χ1v) is 12.1. The number of amides is 1. The Morgan fingerprint density at radius 1 is 1.10 bits per heavy atom. The van der Waals surface area contributed by atoms with Crippen LogP contribution in [0, 0.1) is 0 Å². The number of thiazole rings is 1. The van der Waals surface area contributed by atoms with Gasteiger partial charge in [-0.15, -0.1) is 11.3 Å². The van der Waals surface area contributed by atoms with Crippen LogP contribution in [-0.4, -0.2) is 38.7 Å². The van der Waals surface area contributed by atoms with Crippen molar-refractivity contribution in [2.45, 2.75) is 57.5 Å². The number of fused-ring (bicyclic) bond motifs is 1. The van der Waals surface area contributed by atoms with Gasteiger partial charge in [0.25, 0.3) is 0 Å². The number of carbonyl (C=O) groups is 1. The summed E-state index contributed by atoms with van der Waals surface area (Å²) >= 11 is 1.92. The maximum atomic E-state index is 12.5. The summed E-state index contributed by atoms with van der Waals surface area (Å²) in [6, 6.07) is 12.1. The molecule has 1 aliphatic carbocycles. The number of aromatic nitrogens is 3. The summed E-state index contributed by atoms with van der Waals surface area (Å²) in [5.74, 6) is 0.796. The van der Waals surface area contributed by atoms with Gasteiger partial charge in [0, 0.05) is 24.0 Å². The molecule has 0 spiro atoms. The van der Waals surface area contributed by atoms with Gasteiger partial charge in [0.1, 0.15) is 10.8 Å². The SMILES string of the molecule is O=C(Cc1ccccc1)Nc1ccnn1C1CCN(Cc2nc3c(s2)CCCC3)CC1. The topological polar surface area (TPSA) is 63.1 Å². The number of piperidine rings is 1. The van der Waals surface area contributed by atoms with Gasteiger partial charge in [-0.2, -0.15) is 5.10 Å². The lowest BCUT2D eigenvalue weighted by atomic mass is 10.0. The summed E-state index contributed by atoms with van der Waals surface area (Å²) in [6.07, 6.45) is 9.21. The van der Waals surface area contributed by atoms with Crippen molar-refractivity contribution in [3.05, 3.63) is 63.7 Å². The minimum absolute atomic E-state index is 0.00174. The molecule has 1 amide bonds. The largest absolute Gasteiger partial charge is 0.311 e. The third-order valence-electron chi connectivity index (χ3n) is 6.30. The van der Waals surface area contributed by atoms with Crippen LogP contribution < -0.4 is 5.32 Å². The lowest BCUT2D eigenvalue weighted by molar-refractivity contribution is -0.115. The van der Waals surface area contributed by atoms with Crippen LogP contribution in [0.3, 0.4) is 0 Å². The van der Waals surface area contributed by atoms with Gasteiger partial charge in [-0.05, 0) is 44.1 Å². The van der Waals surface area contributed by atoms with Crippen molar-refractivity contribution in [2.75, 3.05) is 18.4 Å². The molecule has 162 valence electrons. The third-order valence-corrected chi connectivity index (χ3v) is 7.44. The first kappa shape index (κ1) is 20.4. The van der Waals surface area contributed by atoms with Crippen molar-refractivity contribution in [1.29, 1.82) is 0 Å². The van der Waals surface area contributed by atoms with Crippen molar-refractivity contribution in [1.82, 2.24) is 19.7 Å². The highest BCUT2D eigenvalue weighted by molar-refractivity contribution is 7.11. The highest BCUT2D eigenvalue weighted by atomic mass is 32.1. The molecule has 2 aromatic heterocycles. The van der Waals surface area contributed by atoms with Crippen LogP contribution in [0.4, 0.5) is 5.82 Å². The molecular formula is C24H29N5OS. The van der Waals surface area contributed by atoms with E-state index in [1.165, 1.54) is 34.8 Å². The van der Waals surface area contributed by atoms with Gasteiger partial charge in [-0.25, -0.2) is 9.67 Å². The van der Waals surface area contributed by atoms with Gasteiger partial charge < -0.3 is 5.32 Å². The first-order valence-electron chi connectivity index (χ1n) is 11.3. The number of nitrogens with one attached hydrogen (secondary N) is 1. The number of carbonyl (C=O) groups excluding carboxylic acids is 1. The number of hydrogen-bond acceptors (Lipinski definition) is 5. The Balaban J connectivity index is 1.15. The smallest absolute Gasteiger partial charge is 0.229 e. The Morgan fingerprint density at radius 3 is 2.71 bits per heavy atom. The Labute approximate surface area is 187 Å². The Morgan fingerprint density at radius 2 is 1.90 bits per heavy atom. The molecule has 0 radical (unpaired) electrons. The highest BCUT2D eigenvalue weighted by Gasteiger charge is 2.24. The molecule has 3 heterocycles. The molecule has 1 aromatic carbocycles. The first-order chi connectivity index (χ1) is 15.2. The number of rotatable bonds is 6. The van der Waals surface area contributed by atoms with E-state index >= 15 is 0 Å². The fourth-order valence-corrected chi connectivity index (χ4v) is 5.86. The summed E-state index contributed by atoms with van der Waals surface area (Å²) in [7, 11) is 0. The molecule has 0 unspecified atom stereocenters. The number of likely N-dealkylation sites (tertiary alicyclic amines) is 1. The zero-order chi connectivity index (χ0) is 21.0. The van der Waals surface area contributed by atoms with Crippen molar-refractivity contribution in [2.24, 2.45) is 0 Å². The molecule has 1 fully saturated rings. The lowest BCUT2D eigenvalue weighted by Gasteiger charge is -2.32. The Kier molecular flexibility index (Phi) is 6.13. The molecule has 1 saturated heterocycles. The zero-order valence-electron chi connectivity index (χ0n) is 17.8. The monoisotopic (exact) mass is 435 g/mol. The van der Waals surface area contributed by atoms with Gasteiger partial charge in [-0.1, -0.05) is 30.3 Å². The van der Waals surface area contributed by atoms with Crippen LogP contribution in [0.25, 0.3) is 0 Å². The van der Waals surface area contributed by atoms with E-state index in [1.807, 2.05) is 52.4 Å². The minimum atomic E-state index is -0.00174. The maximum Gasteiger partial charge on any atom is 0.229 e. The quantitative estimate of drug-likeness (QED) is 0.629. The summed E-state index contributed by atoms with van der Waals surface area (Å²) in [4.78, 5) is 21.4. The Hall–Kier alpha value is -2.51. The van der Waals surface area contributed by atoms with Crippen LogP contribution >= 0.6 is 11.3 Å². The van der Waals surface area contributed by atoms with Gasteiger partial charge in [-0.3, -0.25) is 9.69 Å². The second kappa shape index (κ2) is 9.32. The number of anilines is 1. The number of benzene rings is 1. The molecule has 2 aliphatic rings. The van der Waals surface area contributed by atoms with Crippen LogP contribution in [-0.2, 0) is 30.6 Å². The molecule has 0 atom stereocenters. The van der Waals surface area contributed by atoms with Gasteiger partial charge in [0.05, 0.1) is 30.9 Å². The predicted octanol–water partition coefficient (Wildman–Crippen LogP) is 4.24. The summed E-state index contributed by atoms with van der Waals surface area (Å²) in [5, 5.41) is 8.86. The maximum absolute atomic E-state index is 12.5. The van der Waals surface area contributed by atoms with Crippen molar-refractivity contribution >= 4 is 23.1 Å². The molecule has 5 rings (SSSR count). The fourth-order valence-electron chi connectivity index (χ4n) is 4.66. The molecule has 1 N–H and O–H groups in total. The number of nitrogens with zero attached hydrogens (tertiary/aromatic N) is 4. The minimum Gasteiger partial charge on any atom is -0.311 e. The summed E-state index contributed by atoms with van der Waals surface area (Å²) in [6.45, 7) is 3.03. The molecule has 3 aromatic rings. The van der Waals surface area contributed by atoms with Crippen molar-refractivity contribution in [3.8, 4) is 0 Å². The molecule has 1 aliphatic heterocycles. The van der Waals surface area contributed by atoms with E-state index in [9.17, 15) is 4.79 Å². The van der Waals surface area contributed by atoms with Crippen molar-refractivity contribution in [3.63, 3.8) is 0 Å². The summed E-state index contributed by atoms with van der Waals surface area (Å²) in [5.41, 5.74) is 2.37. The zero-order valence-corrected chi connectivity index (χ0v) is 18.6. The van der Waals surface area contributed by atoms with E-state index < -0.39 is 0 Å². The van der Waals surface area contributed by atoms with Crippen molar-refractivity contribution < 1.29 is 4.79 Å². The lowest BCUT2D eigenvalue weighted by Crippen LogP contribution is -2.35. The second-order valence-electron chi connectivity index (χ2n) is 8.56. The van der Waals surface area contributed by atoms with Crippen LogP contribution in [0.1, 0.15) is 52.9 Å². The second-order valence-corrected chi connectivity index (χ2v) is 9.73. The van der Waals surface area contributed by atoms with Gasteiger partial charge in [0.15, 0.2) is 0 Å².